The largest absolute Gasteiger partial charge is 0.394 e. The van der Waals surface area contributed by atoms with Crippen LogP contribution in [0.25, 0.3) is 0 Å². The van der Waals surface area contributed by atoms with Crippen molar-refractivity contribution >= 4 is 15.7 Å². The molecule has 4 N–H and O–H groups in total. The van der Waals surface area contributed by atoms with E-state index in [2.05, 4.69) is 5.32 Å². The molecule has 0 heterocycles. The molecule has 94 valence electrons. The van der Waals surface area contributed by atoms with Gasteiger partial charge in [-0.1, -0.05) is 0 Å². The highest BCUT2D eigenvalue weighted by atomic mass is 32.2. The number of hydrogen-bond acceptors (Lipinski definition) is 5. The van der Waals surface area contributed by atoms with Gasteiger partial charge in [0, 0.05) is 6.26 Å². The number of carbonyl (C=O) groups is 1. The van der Waals surface area contributed by atoms with Gasteiger partial charge in [-0.05, 0) is 19.3 Å². The molecule has 6 nitrogen and oxygen atoms in total. The molecule has 0 aliphatic heterocycles. The molecular formula is C9H18N2O4S. The predicted molar refractivity (Wildman–Crippen MR) is 59.5 cm³/mol. The van der Waals surface area contributed by atoms with Gasteiger partial charge in [0.2, 0.25) is 5.91 Å². The minimum absolute atomic E-state index is 0.0997. The van der Waals surface area contributed by atoms with Crippen LogP contribution in [0.4, 0.5) is 0 Å². The first-order valence-corrected chi connectivity index (χ1v) is 7.20. The molecule has 1 unspecified atom stereocenters. The van der Waals surface area contributed by atoms with Crippen LogP contribution < -0.4 is 11.1 Å². The molecule has 1 aliphatic carbocycles. The summed E-state index contributed by atoms with van der Waals surface area (Å²) in [7, 11) is -3.10. The Morgan fingerprint density at radius 1 is 1.56 bits per heavy atom. The maximum atomic E-state index is 11.5. The van der Waals surface area contributed by atoms with Crippen molar-refractivity contribution in [2.75, 3.05) is 18.6 Å². The topological polar surface area (TPSA) is 109 Å². The van der Waals surface area contributed by atoms with Gasteiger partial charge in [-0.3, -0.25) is 4.79 Å². The van der Waals surface area contributed by atoms with E-state index in [1.165, 1.54) is 0 Å². The van der Waals surface area contributed by atoms with Gasteiger partial charge in [0.25, 0.3) is 0 Å². The first-order valence-electron chi connectivity index (χ1n) is 5.14. The SMILES string of the molecule is CS(=O)(=O)CCC(N)C(=O)NC1(CO)CC1. The zero-order valence-electron chi connectivity index (χ0n) is 9.27. The van der Waals surface area contributed by atoms with Gasteiger partial charge >= 0.3 is 0 Å². The zero-order chi connectivity index (χ0) is 12.4. The number of aliphatic hydroxyl groups is 1. The molecule has 1 rings (SSSR count). The molecule has 0 spiro atoms. The van der Waals surface area contributed by atoms with Gasteiger partial charge in [-0.2, -0.15) is 0 Å². The minimum atomic E-state index is -3.10. The molecule has 7 heteroatoms. The lowest BCUT2D eigenvalue weighted by molar-refractivity contribution is -0.123. The summed E-state index contributed by atoms with van der Waals surface area (Å²) in [5.41, 5.74) is 5.06. The van der Waals surface area contributed by atoms with Crippen molar-refractivity contribution in [2.24, 2.45) is 5.73 Å². The van der Waals surface area contributed by atoms with Gasteiger partial charge in [-0.15, -0.1) is 0 Å². The second-order valence-corrected chi connectivity index (χ2v) is 6.71. The molecule has 1 fully saturated rings. The lowest BCUT2D eigenvalue weighted by Gasteiger charge is -2.17. The summed E-state index contributed by atoms with van der Waals surface area (Å²) in [5, 5.41) is 11.6. The molecule has 0 aromatic heterocycles. The summed E-state index contributed by atoms with van der Waals surface area (Å²) in [4.78, 5) is 11.5. The van der Waals surface area contributed by atoms with E-state index in [-0.39, 0.29) is 18.8 Å². The van der Waals surface area contributed by atoms with Crippen LogP contribution in [-0.4, -0.2) is 49.6 Å². The third kappa shape index (κ3) is 4.07. The maximum Gasteiger partial charge on any atom is 0.237 e. The van der Waals surface area contributed by atoms with Crippen LogP contribution in [0.2, 0.25) is 0 Å². The predicted octanol–water partition coefficient (Wildman–Crippen LogP) is -1.61. The van der Waals surface area contributed by atoms with Gasteiger partial charge in [0.05, 0.1) is 23.9 Å². The van der Waals surface area contributed by atoms with Crippen molar-refractivity contribution in [1.29, 1.82) is 0 Å². The Hall–Kier alpha value is -0.660. The summed E-state index contributed by atoms with van der Waals surface area (Å²) >= 11 is 0. The molecule has 0 aromatic carbocycles. The Balaban J connectivity index is 2.37. The molecule has 0 radical (unpaired) electrons. The van der Waals surface area contributed by atoms with Crippen molar-refractivity contribution in [1.82, 2.24) is 5.32 Å². The Morgan fingerprint density at radius 3 is 2.50 bits per heavy atom. The van der Waals surface area contributed by atoms with Gasteiger partial charge in [0.1, 0.15) is 9.84 Å². The molecule has 1 saturated carbocycles. The minimum Gasteiger partial charge on any atom is -0.394 e. The number of sulfone groups is 1. The van der Waals surface area contributed by atoms with Gasteiger partial charge in [0.15, 0.2) is 0 Å². The number of nitrogens with one attached hydrogen (secondary N) is 1. The van der Waals surface area contributed by atoms with Crippen molar-refractivity contribution in [3.8, 4) is 0 Å². The third-order valence-electron chi connectivity index (χ3n) is 2.68. The molecule has 0 bridgehead atoms. The van der Waals surface area contributed by atoms with E-state index in [0.717, 1.165) is 19.1 Å². The molecular weight excluding hydrogens is 232 g/mol. The number of nitrogens with two attached hydrogens (primary N) is 1. The van der Waals surface area contributed by atoms with Crippen LogP contribution in [0.3, 0.4) is 0 Å². The Kier molecular flexibility index (Phi) is 3.92. The Bertz CT molecular complexity index is 362. The average molecular weight is 250 g/mol. The smallest absolute Gasteiger partial charge is 0.237 e. The molecule has 1 aliphatic rings. The lowest BCUT2D eigenvalue weighted by atomic mass is 10.2. The fraction of sp³-hybridized carbons (Fsp3) is 0.889. The van der Waals surface area contributed by atoms with E-state index in [0.29, 0.717) is 0 Å². The van der Waals surface area contributed by atoms with E-state index >= 15 is 0 Å². The third-order valence-corrected chi connectivity index (χ3v) is 3.66. The second kappa shape index (κ2) is 4.68. The average Bonchev–Trinajstić information content (AvgIpc) is 2.93. The van der Waals surface area contributed by atoms with E-state index in [1.54, 1.807) is 0 Å². The number of hydrogen-bond donors (Lipinski definition) is 3. The summed E-state index contributed by atoms with van der Waals surface area (Å²) < 4.78 is 21.8. The van der Waals surface area contributed by atoms with E-state index in [4.69, 9.17) is 10.8 Å². The molecule has 16 heavy (non-hydrogen) atoms. The van der Waals surface area contributed by atoms with Crippen LogP contribution in [0, 0.1) is 0 Å². The number of carbonyl (C=O) groups excluding carboxylic acids is 1. The summed E-state index contributed by atoms with van der Waals surface area (Å²) in [6.07, 6.45) is 2.70. The van der Waals surface area contributed by atoms with Crippen LogP contribution in [0.5, 0.6) is 0 Å². The van der Waals surface area contributed by atoms with E-state index < -0.39 is 27.3 Å². The highest BCUT2D eigenvalue weighted by Crippen LogP contribution is 2.34. The lowest BCUT2D eigenvalue weighted by Crippen LogP contribution is -2.48. The van der Waals surface area contributed by atoms with Crippen LogP contribution in [0.15, 0.2) is 0 Å². The molecule has 1 amide bonds. The normalized spacial score (nSPS) is 20.2. The van der Waals surface area contributed by atoms with Crippen molar-refractivity contribution < 1.29 is 18.3 Å². The van der Waals surface area contributed by atoms with Crippen molar-refractivity contribution in [2.45, 2.75) is 30.8 Å². The van der Waals surface area contributed by atoms with Crippen LogP contribution in [-0.2, 0) is 14.6 Å². The quantitative estimate of drug-likeness (QED) is 0.525. The Morgan fingerprint density at radius 2 is 2.12 bits per heavy atom. The first kappa shape index (κ1) is 13.4. The molecule has 0 aromatic rings. The first-order chi connectivity index (χ1) is 7.28. The molecule has 1 atom stereocenters. The monoisotopic (exact) mass is 250 g/mol. The van der Waals surface area contributed by atoms with Gasteiger partial charge < -0.3 is 16.2 Å². The fourth-order valence-electron chi connectivity index (χ4n) is 1.30. The zero-order valence-corrected chi connectivity index (χ0v) is 10.1. The standard InChI is InChI=1S/C9H18N2O4S/c1-16(14,15)5-2-7(10)8(13)11-9(6-12)3-4-9/h7,12H,2-6,10H2,1H3,(H,11,13). The Labute approximate surface area is 95.1 Å². The van der Waals surface area contributed by atoms with Crippen LogP contribution in [0.1, 0.15) is 19.3 Å². The van der Waals surface area contributed by atoms with Crippen molar-refractivity contribution in [3.63, 3.8) is 0 Å². The number of amides is 1. The number of rotatable bonds is 6. The molecule has 0 saturated heterocycles. The van der Waals surface area contributed by atoms with E-state index in [1.807, 2.05) is 0 Å². The summed E-state index contributed by atoms with van der Waals surface area (Å²) in [6.45, 7) is -0.0997. The second-order valence-electron chi connectivity index (χ2n) is 4.45. The highest BCUT2D eigenvalue weighted by Gasteiger charge is 2.44. The number of aliphatic hydroxyl groups excluding tert-OH is 1. The van der Waals surface area contributed by atoms with Crippen molar-refractivity contribution in [3.05, 3.63) is 0 Å². The van der Waals surface area contributed by atoms with E-state index in [9.17, 15) is 13.2 Å². The maximum absolute atomic E-state index is 11.5. The van der Waals surface area contributed by atoms with Gasteiger partial charge in [-0.25, -0.2) is 8.42 Å². The highest BCUT2D eigenvalue weighted by molar-refractivity contribution is 7.90. The summed E-state index contributed by atoms with van der Waals surface area (Å²) in [6, 6.07) is -0.834. The summed E-state index contributed by atoms with van der Waals surface area (Å²) in [5.74, 6) is -0.497. The fourth-order valence-corrected chi connectivity index (χ4v) is 1.98. The van der Waals surface area contributed by atoms with Crippen LogP contribution >= 0.6 is 0 Å².